The third-order valence-electron chi connectivity index (χ3n) is 4.53. The number of halogens is 3. The van der Waals surface area contributed by atoms with E-state index in [2.05, 4.69) is 76.9 Å². The maximum Gasteiger partial charge on any atom is 0.264 e. The van der Waals surface area contributed by atoms with Crippen LogP contribution >= 0.6 is 66.2 Å². The maximum absolute atomic E-state index is 12.4. The van der Waals surface area contributed by atoms with Crippen LogP contribution < -0.4 is 10.1 Å². The largest absolute Gasteiger partial charge is 0.487 e. The van der Waals surface area contributed by atoms with Gasteiger partial charge in [0.2, 0.25) is 0 Å². The van der Waals surface area contributed by atoms with Crippen molar-refractivity contribution in [3.05, 3.63) is 94.8 Å². The van der Waals surface area contributed by atoms with Crippen molar-refractivity contribution in [2.45, 2.75) is 13.5 Å². The molecule has 4 nitrogen and oxygen atoms in total. The van der Waals surface area contributed by atoms with E-state index in [0.29, 0.717) is 16.7 Å². The van der Waals surface area contributed by atoms with Crippen LogP contribution in [0.2, 0.25) is 0 Å². The fourth-order valence-corrected chi connectivity index (χ4v) is 5.56. The summed E-state index contributed by atoms with van der Waals surface area (Å²) in [4.78, 5) is 17.5. The summed E-state index contributed by atoms with van der Waals surface area (Å²) in [5, 5.41) is 3.40. The van der Waals surface area contributed by atoms with Gasteiger partial charge in [0, 0.05) is 3.57 Å². The van der Waals surface area contributed by atoms with Gasteiger partial charge in [-0.3, -0.25) is 4.79 Å². The highest BCUT2D eigenvalue weighted by Gasteiger charge is 2.24. The highest BCUT2D eigenvalue weighted by molar-refractivity contribution is 14.1. The Morgan fingerprint density at radius 1 is 1.06 bits per heavy atom. The van der Waals surface area contributed by atoms with Crippen LogP contribution in [-0.4, -0.2) is 11.1 Å². The van der Waals surface area contributed by atoms with E-state index >= 15 is 0 Å². The van der Waals surface area contributed by atoms with Crippen molar-refractivity contribution in [1.29, 1.82) is 0 Å². The fourth-order valence-electron chi connectivity index (χ4n) is 2.91. The molecule has 0 atom stereocenters. The lowest BCUT2D eigenvalue weighted by atomic mass is 10.2. The first-order chi connectivity index (χ1) is 15.4. The number of hydrogen-bond acceptors (Lipinski definition) is 4. The quantitative estimate of drug-likeness (QED) is 0.223. The summed E-state index contributed by atoms with van der Waals surface area (Å²) in [5.41, 5.74) is 3.94. The molecule has 3 aromatic rings. The number of amidine groups is 1. The molecule has 162 valence electrons. The summed E-state index contributed by atoms with van der Waals surface area (Å²) in [7, 11) is 0. The Kier molecular flexibility index (Phi) is 7.75. The zero-order valence-electron chi connectivity index (χ0n) is 16.9. The first-order valence-corrected chi connectivity index (χ1v) is 13.1. The molecule has 1 aliphatic rings. The van der Waals surface area contributed by atoms with Gasteiger partial charge in [-0.05, 0) is 127 Å². The molecule has 0 spiro atoms. The van der Waals surface area contributed by atoms with Crippen molar-refractivity contribution in [2.24, 2.45) is 4.99 Å². The minimum Gasteiger partial charge on any atom is -0.487 e. The molecule has 0 unspecified atom stereocenters. The summed E-state index contributed by atoms with van der Waals surface area (Å²) in [6, 6.07) is 19.9. The van der Waals surface area contributed by atoms with Gasteiger partial charge in [-0.15, -0.1) is 0 Å². The number of nitrogens with zero attached hydrogens (tertiary/aromatic N) is 1. The smallest absolute Gasteiger partial charge is 0.264 e. The molecule has 4 rings (SSSR count). The van der Waals surface area contributed by atoms with Crippen LogP contribution in [0.5, 0.6) is 5.75 Å². The molecule has 3 aromatic carbocycles. The zero-order valence-corrected chi connectivity index (χ0v) is 23.0. The molecule has 8 heteroatoms. The zero-order chi connectivity index (χ0) is 22.7. The van der Waals surface area contributed by atoms with Crippen LogP contribution in [0.15, 0.2) is 79.5 Å². The average molecular weight is 684 g/mol. The van der Waals surface area contributed by atoms with Gasteiger partial charge in [0.1, 0.15) is 12.4 Å². The average Bonchev–Trinajstić information content (AvgIpc) is 3.09. The number of amides is 1. The fraction of sp³-hybridized carbons (Fsp3) is 0.0833. The Bertz CT molecular complexity index is 1200. The van der Waals surface area contributed by atoms with Gasteiger partial charge in [0.15, 0.2) is 5.17 Å². The summed E-state index contributed by atoms with van der Waals surface area (Å²) >= 11 is 10.8. The van der Waals surface area contributed by atoms with E-state index in [4.69, 9.17) is 4.74 Å². The number of hydrogen-bond donors (Lipinski definition) is 1. The van der Waals surface area contributed by atoms with Crippen LogP contribution in [0.25, 0.3) is 6.08 Å². The predicted molar refractivity (Wildman–Crippen MR) is 147 cm³/mol. The summed E-state index contributed by atoms with van der Waals surface area (Å²) in [5.74, 6) is 0.558. The molecule has 1 saturated heterocycles. The number of nitrogens with one attached hydrogen (secondary N) is 1. The predicted octanol–water partition coefficient (Wildman–Crippen LogP) is 7.60. The van der Waals surface area contributed by atoms with E-state index in [9.17, 15) is 4.79 Å². The number of rotatable bonds is 5. The van der Waals surface area contributed by atoms with Crippen molar-refractivity contribution in [3.8, 4) is 5.75 Å². The standard InChI is InChI=1S/C24H17Br2IN2O2S/c1-14-2-8-18(9-3-14)28-24-29-23(30)21(32-24)12-16-10-19(25)22(20(26)11-16)31-13-15-4-6-17(27)7-5-15/h2-12H,13H2,1H3,(H,28,29,30)/b21-12+. The van der Waals surface area contributed by atoms with Gasteiger partial charge < -0.3 is 10.1 Å². The van der Waals surface area contributed by atoms with E-state index in [1.807, 2.05) is 61.5 Å². The van der Waals surface area contributed by atoms with Crippen LogP contribution in [0.3, 0.4) is 0 Å². The van der Waals surface area contributed by atoms with Crippen molar-refractivity contribution in [1.82, 2.24) is 5.32 Å². The van der Waals surface area contributed by atoms with Crippen molar-refractivity contribution in [3.63, 3.8) is 0 Å². The monoisotopic (exact) mass is 682 g/mol. The lowest BCUT2D eigenvalue weighted by Crippen LogP contribution is -2.19. The normalized spacial score (nSPS) is 15.9. The number of carbonyl (C=O) groups excluding carboxylic acids is 1. The molecular formula is C24H17Br2IN2O2S. The molecule has 0 radical (unpaired) electrons. The Balaban J connectivity index is 1.49. The summed E-state index contributed by atoms with van der Waals surface area (Å²) < 4.78 is 8.81. The van der Waals surface area contributed by atoms with Crippen LogP contribution in [-0.2, 0) is 11.4 Å². The molecule has 1 N–H and O–H groups in total. The van der Waals surface area contributed by atoms with Gasteiger partial charge in [0.25, 0.3) is 5.91 Å². The molecule has 1 aliphatic heterocycles. The molecule has 1 heterocycles. The Morgan fingerprint density at radius 2 is 1.72 bits per heavy atom. The van der Waals surface area contributed by atoms with Crippen molar-refractivity contribution >= 4 is 89.1 Å². The third-order valence-corrected chi connectivity index (χ3v) is 7.34. The number of ether oxygens (including phenoxy) is 1. The molecule has 32 heavy (non-hydrogen) atoms. The van der Waals surface area contributed by atoms with Crippen molar-refractivity contribution in [2.75, 3.05) is 0 Å². The molecule has 0 aliphatic carbocycles. The lowest BCUT2D eigenvalue weighted by Gasteiger charge is -2.12. The van der Waals surface area contributed by atoms with Crippen LogP contribution in [0.4, 0.5) is 5.69 Å². The topological polar surface area (TPSA) is 50.7 Å². The van der Waals surface area contributed by atoms with Gasteiger partial charge in [-0.2, -0.15) is 0 Å². The van der Waals surface area contributed by atoms with Gasteiger partial charge in [-0.1, -0.05) is 29.8 Å². The molecular weight excluding hydrogens is 667 g/mol. The number of aryl methyl sites for hydroxylation is 1. The van der Waals surface area contributed by atoms with E-state index in [-0.39, 0.29) is 5.91 Å². The van der Waals surface area contributed by atoms with E-state index < -0.39 is 0 Å². The molecule has 0 bridgehead atoms. The van der Waals surface area contributed by atoms with Crippen LogP contribution in [0, 0.1) is 10.5 Å². The Hall–Kier alpha value is -1.62. The lowest BCUT2D eigenvalue weighted by molar-refractivity contribution is -0.115. The third kappa shape index (κ3) is 6.03. The van der Waals surface area contributed by atoms with Crippen LogP contribution in [0.1, 0.15) is 16.7 Å². The SMILES string of the molecule is Cc1ccc(N=C2NC(=O)/C(=C\c3cc(Br)c(OCc4ccc(I)cc4)c(Br)c3)S2)cc1. The minimum atomic E-state index is -0.160. The van der Waals surface area contributed by atoms with Gasteiger partial charge >= 0.3 is 0 Å². The first-order valence-electron chi connectivity index (χ1n) is 9.60. The summed E-state index contributed by atoms with van der Waals surface area (Å²) in [6.45, 7) is 2.49. The Morgan fingerprint density at radius 3 is 2.38 bits per heavy atom. The highest BCUT2D eigenvalue weighted by atomic mass is 127. The number of carbonyl (C=O) groups is 1. The summed E-state index contributed by atoms with van der Waals surface area (Å²) in [6.07, 6.45) is 1.84. The van der Waals surface area contributed by atoms with Gasteiger partial charge in [0.05, 0.1) is 19.5 Å². The maximum atomic E-state index is 12.4. The second-order valence-corrected chi connectivity index (χ2v) is 11.0. The Labute approximate surface area is 221 Å². The highest BCUT2D eigenvalue weighted by Crippen LogP contribution is 2.37. The number of thioether (sulfide) groups is 1. The second-order valence-electron chi connectivity index (χ2n) is 7.05. The number of aliphatic imine (C=N–C) groups is 1. The molecule has 0 aromatic heterocycles. The van der Waals surface area contributed by atoms with E-state index in [1.165, 1.54) is 20.9 Å². The molecule has 0 saturated carbocycles. The first kappa shape index (κ1) is 23.5. The van der Waals surface area contributed by atoms with Gasteiger partial charge in [-0.25, -0.2) is 4.99 Å². The molecule has 1 amide bonds. The molecule has 1 fully saturated rings. The van der Waals surface area contributed by atoms with E-state index in [1.54, 1.807) is 0 Å². The number of benzene rings is 3. The van der Waals surface area contributed by atoms with Crippen molar-refractivity contribution < 1.29 is 9.53 Å². The second kappa shape index (κ2) is 10.5. The van der Waals surface area contributed by atoms with E-state index in [0.717, 1.165) is 31.5 Å². The minimum absolute atomic E-state index is 0.160.